The number of halogens is 1. The second-order valence-electron chi connectivity index (χ2n) is 6.53. The molecular weight excluding hydrogens is 380 g/mol. The van der Waals surface area contributed by atoms with Gasteiger partial charge in [0.15, 0.2) is 11.5 Å². The average molecular weight is 399 g/mol. The van der Waals surface area contributed by atoms with Gasteiger partial charge in [0.2, 0.25) is 0 Å². The van der Waals surface area contributed by atoms with Gasteiger partial charge >= 0.3 is 5.97 Å². The van der Waals surface area contributed by atoms with Gasteiger partial charge in [0, 0.05) is 28.7 Å². The van der Waals surface area contributed by atoms with Gasteiger partial charge in [0.1, 0.15) is 11.3 Å². The molecular formula is C20H19ClN4O3. The number of fused-ring (bicyclic) bond motifs is 1. The molecule has 4 aromatic rings. The number of aryl methyl sites for hydroxylation is 2. The fourth-order valence-electron chi connectivity index (χ4n) is 3.16. The van der Waals surface area contributed by atoms with Crippen molar-refractivity contribution in [1.82, 2.24) is 19.3 Å². The van der Waals surface area contributed by atoms with E-state index in [2.05, 4.69) is 10.1 Å². The summed E-state index contributed by atoms with van der Waals surface area (Å²) in [5, 5.41) is 5.88. The number of nitrogens with zero attached hydrogens (tertiary/aromatic N) is 4. The minimum Gasteiger partial charge on any atom is -0.461 e. The molecule has 0 aliphatic heterocycles. The smallest absolute Gasteiger partial charge is 0.358 e. The van der Waals surface area contributed by atoms with E-state index >= 15 is 0 Å². The third-order valence-electron chi connectivity index (χ3n) is 4.51. The van der Waals surface area contributed by atoms with E-state index in [4.69, 9.17) is 20.8 Å². The SMILES string of the molecule is CCOC(=O)c1cc(C)n(Cc2cc(Cl)cc3cc(-c4cncn4C)oc23)n1. The Balaban J connectivity index is 1.74. The first kappa shape index (κ1) is 18.3. The second kappa shape index (κ2) is 7.16. The van der Waals surface area contributed by atoms with Crippen LogP contribution in [0.2, 0.25) is 5.02 Å². The Kier molecular flexibility index (Phi) is 4.68. The summed E-state index contributed by atoms with van der Waals surface area (Å²) in [6.07, 6.45) is 3.47. The van der Waals surface area contributed by atoms with Gasteiger partial charge in [0.25, 0.3) is 0 Å². The maximum Gasteiger partial charge on any atom is 0.358 e. The van der Waals surface area contributed by atoms with E-state index in [9.17, 15) is 4.79 Å². The molecule has 0 radical (unpaired) electrons. The number of carbonyl (C=O) groups is 1. The molecule has 0 N–H and O–H groups in total. The lowest BCUT2D eigenvalue weighted by molar-refractivity contribution is 0.0518. The molecule has 0 fully saturated rings. The van der Waals surface area contributed by atoms with Gasteiger partial charge in [-0.3, -0.25) is 4.68 Å². The molecule has 3 heterocycles. The van der Waals surface area contributed by atoms with Crippen LogP contribution in [0.25, 0.3) is 22.4 Å². The number of imidazole rings is 1. The normalized spacial score (nSPS) is 11.3. The summed E-state index contributed by atoms with van der Waals surface area (Å²) in [5.74, 6) is 0.278. The molecule has 1 aromatic carbocycles. The molecule has 0 saturated heterocycles. The van der Waals surface area contributed by atoms with Crippen LogP contribution in [0.3, 0.4) is 0 Å². The van der Waals surface area contributed by atoms with Crippen molar-refractivity contribution in [3.05, 3.63) is 58.8 Å². The van der Waals surface area contributed by atoms with Crippen molar-refractivity contribution in [3.8, 4) is 11.5 Å². The Morgan fingerprint density at radius 3 is 2.82 bits per heavy atom. The van der Waals surface area contributed by atoms with E-state index in [1.165, 1.54) is 0 Å². The van der Waals surface area contributed by atoms with Crippen LogP contribution in [0, 0.1) is 6.92 Å². The van der Waals surface area contributed by atoms with Gasteiger partial charge in [-0.2, -0.15) is 5.10 Å². The van der Waals surface area contributed by atoms with E-state index < -0.39 is 5.97 Å². The lowest BCUT2D eigenvalue weighted by atomic mass is 10.1. The first-order valence-corrected chi connectivity index (χ1v) is 9.24. The van der Waals surface area contributed by atoms with Crippen LogP contribution in [0.5, 0.6) is 0 Å². The predicted octanol–water partition coefficient (Wildman–Crippen LogP) is 4.22. The van der Waals surface area contributed by atoms with Crippen molar-refractivity contribution in [2.45, 2.75) is 20.4 Å². The Hall–Kier alpha value is -3.06. The molecule has 0 aliphatic rings. The maximum absolute atomic E-state index is 11.9. The molecule has 0 aliphatic carbocycles. The summed E-state index contributed by atoms with van der Waals surface area (Å²) in [5.41, 5.74) is 3.60. The fraction of sp³-hybridized carbons (Fsp3) is 0.250. The molecule has 3 aromatic heterocycles. The topological polar surface area (TPSA) is 75.1 Å². The molecule has 144 valence electrons. The molecule has 4 rings (SSSR count). The van der Waals surface area contributed by atoms with Crippen LogP contribution in [0.4, 0.5) is 0 Å². The first-order chi connectivity index (χ1) is 13.5. The summed E-state index contributed by atoms with van der Waals surface area (Å²) in [7, 11) is 1.91. The zero-order chi connectivity index (χ0) is 19.8. The second-order valence-corrected chi connectivity index (χ2v) is 6.97. The van der Waals surface area contributed by atoms with E-state index in [-0.39, 0.29) is 5.69 Å². The molecule has 7 nitrogen and oxygen atoms in total. The Bertz CT molecular complexity index is 1170. The van der Waals surface area contributed by atoms with Crippen LogP contribution < -0.4 is 0 Å². The number of aromatic nitrogens is 4. The Morgan fingerprint density at radius 1 is 1.29 bits per heavy atom. The van der Waals surface area contributed by atoms with E-state index in [0.717, 1.165) is 27.9 Å². The Morgan fingerprint density at radius 2 is 2.11 bits per heavy atom. The number of furan rings is 1. The number of esters is 1. The number of carbonyl (C=O) groups excluding carboxylic acids is 1. The molecule has 0 bridgehead atoms. The molecule has 0 spiro atoms. The van der Waals surface area contributed by atoms with E-state index in [1.54, 1.807) is 30.2 Å². The highest BCUT2D eigenvalue weighted by Crippen LogP contribution is 2.32. The van der Waals surface area contributed by atoms with Gasteiger partial charge in [-0.25, -0.2) is 9.78 Å². The summed E-state index contributed by atoms with van der Waals surface area (Å²) < 4.78 is 14.8. The highest BCUT2D eigenvalue weighted by molar-refractivity contribution is 6.31. The zero-order valence-corrected chi connectivity index (χ0v) is 16.5. The van der Waals surface area contributed by atoms with Gasteiger partial charge in [-0.15, -0.1) is 0 Å². The van der Waals surface area contributed by atoms with Crippen molar-refractivity contribution < 1.29 is 13.9 Å². The molecule has 0 atom stereocenters. The van der Waals surface area contributed by atoms with Crippen LogP contribution in [-0.4, -0.2) is 31.9 Å². The fourth-order valence-corrected chi connectivity index (χ4v) is 3.41. The Labute approximate surface area is 166 Å². The number of benzene rings is 1. The summed E-state index contributed by atoms with van der Waals surface area (Å²) in [6, 6.07) is 7.37. The number of rotatable bonds is 5. The number of hydrogen-bond acceptors (Lipinski definition) is 5. The van der Waals surface area contributed by atoms with Crippen LogP contribution >= 0.6 is 11.6 Å². The molecule has 0 amide bonds. The molecule has 8 heteroatoms. The van der Waals surface area contributed by atoms with Crippen LogP contribution in [-0.2, 0) is 18.3 Å². The maximum atomic E-state index is 11.9. The zero-order valence-electron chi connectivity index (χ0n) is 15.8. The lowest BCUT2D eigenvalue weighted by Gasteiger charge is -2.06. The summed E-state index contributed by atoms with van der Waals surface area (Å²) in [6.45, 7) is 4.38. The molecule has 28 heavy (non-hydrogen) atoms. The van der Waals surface area contributed by atoms with Gasteiger partial charge in [-0.05, 0) is 38.1 Å². The quantitative estimate of drug-likeness (QED) is 0.470. The van der Waals surface area contributed by atoms with E-state index in [0.29, 0.717) is 23.9 Å². The van der Waals surface area contributed by atoms with Crippen LogP contribution in [0.15, 0.2) is 41.2 Å². The van der Waals surface area contributed by atoms with Crippen molar-refractivity contribution in [2.24, 2.45) is 7.05 Å². The monoisotopic (exact) mass is 398 g/mol. The molecule has 0 unspecified atom stereocenters. The summed E-state index contributed by atoms with van der Waals surface area (Å²) >= 11 is 6.33. The molecule has 0 saturated carbocycles. The van der Waals surface area contributed by atoms with E-state index in [1.807, 2.05) is 36.7 Å². The summed E-state index contributed by atoms with van der Waals surface area (Å²) in [4.78, 5) is 16.1. The van der Waals surface area contributed by atoms with Crippen molar-refractivity contribution in [3.63, 3.8) is 0 Å². The number of hydrogen-bond donors (Lipinski definition) is 0. The van der Waals surface area contributed by atoms with Gasteiger partial charge in [-0.1, -0.05) is 11.6 Å². The van der Waals surface area contributed by atoms with Crippen LogP contribution in [0.1, 0.15) is 28.7 Å². The van der Waals surface area contributed by atoms with Crippen molar-refractivity contribution >= 4 is 28.5 Å². The third-order valence-corrected chi connectivity index (χ3v) is 4.73. The highest BCUT2D eigenvalue weighted by atomic mass is 35.5. The average Bonchev–Trinajstić information content (AvgIpc) is 3.34. The largest absolute Gasteiger partial charge is 0.461 e. The van der Waals surface area contributed by atoms with Crippen molar-refractivity contribution in [1.29, 1.82) is 0 Å². The van der Waals surface area contributed by atoms with Crippen molar-refractivity contribution in [2.75, 3.05) is 6.61 Å². The lowest BCUT2D eigenvalue weighted by Crippen LogP contribution is -2.08. The van der Waals surface area contributed by atoms with Gasteiger partial charge in [0.05, 0.1) is 25.7 Å². The van der Waals surface area contributed by atoms with Gasteiger partial charge < -0.3 is 13.7 Å². The minimum atomic E-state index is -0.433. The number of ether oxygens (including phenoxy) is 1. The first-order valence-electron chi connectivity index (χ1n) is 8.86. The highest BCUT2D eigenvalue weighted by Gasteiger charge is 2.17. The standard InChI is InChI=1S/C20H19ClN4O3/c1-4-27-20(26)16-5-12(2)25(23-16)10-14-7-15(21)6-13-8-18(28-19(13)14)17-9-22-11-24(17)3/h5-9,11H,4,10H2,1-3H3. The third kappa shape index (κ3) is 3.29. The predicted molar refractivity (Wildman–Crippen MR) is 105 cm³/mol. The minimum absolute atomic E-state index is 0.285.